The summed E-state index contributed by atoms with van der Waals surface area (Å²) in [5, 5.41) is 10.9. The van der Waals surface area contributed by atoms with E-state index in [9.17, 15) is 35.6 Å². The Morgan fingerprint density at radius 2 is 1.89 bits per heavy atom. The predicted molar refractivity (Wildman–Crippen MR) is 113 cm³/mol. The molecule has 2 saturated heterocycles. The van der Waals surface area contributed by atoms with Gasteiger partial charge in [-0.15, -0.1) is 0 Å². The van der Waals surface area contributed by atoms with Crippen LogP contribution >= 0.6 is 0 Å². The maximum Gasteiger partial charge on any atom is 0.414 e. The highest BCUT2D eigenvalue weighted by atomic mass is 32.2. The van der Waals surface area contributed by atoms with E-state index in [1.165, 1.54) is 11.8 Å². The van der Waals surface area contributed by atoms with Crippen molar-refractivity contribution in [1.82, 2.24) is 9.79 Å². The van der Waals surface area contributed by atoms with Crippen molar-refractivity contribution in [3.8, 4) is 0 Å². The molecule has 1 aromatic carbocycles. The van der Waals surface area contributed by atoms with Crippen LogP contribution in [-0.2, 0) is 24.4 Å². The number of benzene rings is 1. The molecule has 0 radical (unpaired) electrons. The Labute approximate surface area is 198 Å². The van der Waals surface area contributed by atoms with Crippen molar-refractivity contribution in [3.05, 3.63) is 23.8 Å². The molecule has 3 rings (SSSR count). The van der Waals surface area contributed by atoms with E-state index >= 15 is 0 Å². The van der Waals surface area contributed by atoms with Crippen LogP contribution in [0, 0.1) is 11.6 Å². The summed E-state index contributed by atoms with van der Waals surface area (Å²) in [5.41, 5.74) is -0.651. The Kier molecular flexibility index (Phi) is 8.40. The van der Waals surface area contributed by atoms with Gasteiger partial charge < -0.3 is 20.1 Å². The van der Waals surface area contributed by atoms with Gasteiger partial charge in [0, 0.05) is 25.2 Å². The summed E-state index contributed by atoms with van der Waals surface area (Å²) in [6.45, 7) is -0.137. The molecule has 35 heavy (non-hydrogen) atoms. The number of hydroxylamine groups is 1. The number of amides is 2. The summed E-state index contributed by atoms with van der Waals surface area (Å²) in [5.74, 6) is -4.19. The lowest BCUT2D eigenvalue weighted by atomic mass is 10.1. The quantitative estimate of drug-likeness (QED) is 0.465. The van der Waals surface area contributed by atoms with Gasteiger partial charge in [0.05, 0.1) is 43.8 Å². The van der Waals surface area contributed by atoms with Crippen LogP contribution in [0.2, 0.25) is 0 Å². The number of carbonyl (C=O) groups excluding carboxylic acids is 2. The molecule has 1 aromatic rings. The Morgan fingerprint density at radius 3 is 2.49 bits per heavy atom. The number of nitrogens with one attached hydrogen (secondary N) is 1. The predicted octanol–water partition coefficient (Wildman–Crippen LogP) is 0.435. The van der Waals surface area contributed by atoms with Gasteiger partial charge in [-0.3, -0.25) is 14.5 Å². The van der Waals surface area contributed by atoms with E-state index in [2.05, 4.69) is 0 Å². The molecule has 0 spiro atoms. The second-order valence-corrected chi connectivity index (χ2v) is 9.75. The first-order chi connectivity index (χ1) is 16.4. The second kappa shape index (κ2) is 10.9. The molecule has 2 heterocycles. The van der Waals surface area contributed by atoms with E-state index in [4.69, 9.17) is 14.7 Å². The van der Waals surface area contributed by atoms with E-state index in [0.29, 0.717) is 4.47 Å². The molecule has 2 aliphatic heterocycles. The minimum atomic E-state index is -3.91. The van der Waals surface area contributed by atoms with Crippen LogP contribution in [0.25, 0.3) is 0 Å². The van der Waals surface area contributed by atoms with E-state index in [-0.39, 0.29) is 38.5 Å². The average molecular weight is 528 g/mol. The molecule has 0 bridgehead atoms. The number of hydrogen-bond donors (Lipinski definition) is 2. The molecule has 2 amide bonds. The van der Waals surface area contributed by atoms with Gasteiger partial charge in [-0.05, 0) is 6.92 Å². The number of anilines is 2. The minimum absolute atomic E-state index is 0.0481. The molecule has 2 N–H and O–H groups in total. The summed E-state index contributed by atoms with van der Waals surface area (Å²) in [6.07, 6.45) is -5.27. The van der Waals surface area contributed by atoms with Crippen LogP contribution in [0.15, 0.2) is 12.1 Å². The van der Waals surface area contributed by atoms with Gasteiger partial charge in [0.25, 0.3) is 5.91 Å². The lowest BCUT2D eigenvalue weighted by molar-refractivity contribution is -0.133. The third-order valence-corrected chi connectivity index (χ3v) is 7.01. The molecule has 2 aliphatic rings. The smallest absolute Gasteiger partial charge is 0.414 e. The highest BCUT2D eigenvalue weighted by Gasteiger charge is 2.38. The number of halogens is 4. The Bertz CT molecular complexity index is 1040. The molecule has 0 aliphatic carbocycles. The van der Waals surface area contributed by atoms with Gasteiger partial charge in [0.15, 0.2) is 11.6 Å². The Hall–Kier alpha value is -2.69. The zero-order chi connectivity index (χ0) is 25.9. The van der Waals surface area contributed by atoms with E-state index in [1.807, 2.05) is 5.32 Å². The normalized spacial score (nSPS) is 20.7. The van der Waals surface area contributed by atoms with Crippen molar-refractivity contribution in [1.29, 1.82) is 0 Å². The highest BCUT2D eigenvalue weighted by Crippen LogP contribution is 2.32. The van der Waals surface area contributed by atoms with Crippen LogP contribution in [0.4, 0.5) is 33.7 Å². The van der Waals surface area contributed by atoms with E-state index < -0.39 is 70.3 Å². The van der Waals surface area contributed by atoms with Gasteiger partial charge in [0.2, 0.25) is 10.0 Å². The third kappa shape index (κ3) is 6.12. The number of carbonyl (C=O) groups is 2. The molecular formula is C19H24F4N4O7S. The zero-order valence-electron chi connectivity index (χ0n) is 18.5. The first kappa shape index (κ1) is 26.9. The number of aliphatic hydroxyl groups is 1. The van der Waals surface area contributed by atoms with Gasteiger partial charge in [-0.25, -0.2) is 22.0 Å². The maximum atomic E-state index is 15.0. The number of cyclic esters (lactones) is 1. The fourth-order valence-electron chi connectivity index (χ4n) is 3.64. The van der Waals surface area contributed by atoms with Crippen molar-refractivity contribution >= 4 is 33.4 Å². The maximum absolute atomic E-state index is 15.0. The van der Waals surface area contributed by atoms with Crippen LogP contribution in [0.3, 0.4) is 0 Å². The molecule has 2 fully saturated rings. The molecule has 11 nitrogen and oxygen atoms in total. The molecular weight excluding hydrogens is 504 g/mol. The number of hydrogen-bond acceptors (Lipinski definition) is 8. The van der Waals surface area contributed by atoms with Gasteiger partial charge in [0.1, 0.15) is 11.8 Å². The fraction of sp³-hybridized carbons (Fsp3) is 0.579. The highest BCUT2D eigenvalue weighted by molar-refractivity contribution is 7.88. The fourth-order valence-corrected chi connectivity index (χ4v) is 4.67. The SMILES string of the molecule is C[C@H](NC(=O)C(F)F)[C@H]1CN(c2cc(F)c(N3CCON(S(=O)(=O)CCO)CC3)c(F)c2)C(=O)O1. The van der Waals surface area contributed by atoms with Crippen molar-refractivity contribution in [2.24, 2.45) is 0 Å². The standard InChI is InChI=1S/C19H24F4N4O7S/c1-11(24-18(29)17(22)23)15-10-26(19(30)34-15)12-8-13(20)16(14(21)9-12)25-2-3-27(33-6-4-25)35(31,32)7-5-28/h8-9,11,15,17,28H,2-7,10H2,1H3,(H,24,29)/t11-,15+/m0/s1. The van der Waals surface area contributed by atoms with Crippen LogP contribution in [0.1, 0.15) is 6.92 Å². The molecule has 2 atom stereocenters. The second-order valence-electron chi connectivity index (χ2n) is 7.78. The summed E-state index contributed by atoms with van der Waals surface area (Å²) in [7, 11) is -3.91. The summed E-state index contributed by atoms with van der Waals surface area (Å²) in [4.78, 5) is 30.7. The first-order valence-electron chi connectivity index (χ1n) is 10.5. The van der Waals surface area contributed by atoms with Crippen molar-refractivity contribution in [2.45, 2.75) is 25.5 Å². The van der Waals surface area contributed by atoms with Gasteiger partial charge in [-0.1, -0.05) is 4.47 Å². The number of rotatable bonds is 8. The number of ether oxygens (including phenoxy) is 1. The topological polar surface area (TPSA) is 129 Å². The molecule has 0 aromatic heterocycles. The van der Waals surface area contributed by atoms with Crippen LogP contribution < -0.4 is 15.1 Å². The number of alkyl halides is 2. The van der Waals surface area contributed by atoms with E-state index in [0.717, 1.165) is 17.0 Å². The van der Waals surface area contributed by atoms with Gasteiger partial charge in [-0.2, -0.15) is 8.78 Å². The summed E-state index contributed by atoms with van der Waals surface area (Å²) in [6, 6.07) is 0.786. The third-order valence-electron chi connectivity index (χ3n) is 5.40. The molecule has 0 unspecified atom stereocenters. The zero-order valence-corrected chi connectivity index (χ0v) is 19.3. The van der Waals surface area contributed by atoms with Crippen molar-refractivity contribution < 1.29 is 50.2 Å². The van der Waals surface area contributed by atoms with Crippen LogP contribution in [-0.4, -0.2) is 93.7 Å². The van der Waals surface area contributed by atoms with Gasteiger partial charge >= 0.3 is 12.5 Å². The lowest BCUT2D eigenvalue weighted by Gasteiger charge is -2.24. The van der Waals surface area contributed by atoms with Crippen LogP contribution in [0.5, 0.6) is 0 Å². The van der Waals surface area contributed by atoms with Crippen molar-refractivity contribution in [3.63, 3.8) is 0 Å². The number of aliphatic hydroxyl groups excluding tert-OH is 1. The molecule has 16 heteroatoms. The Balaban J connectivity index is 1.73. The Morgan fingerprint density at radius 1 is 1.23 bits per heavy atom. The first-order valence-corrected chi connectivity index (χ1v) is 12.1. The summed E-state index contributed by atoms with van der Waals surface area (Å²) < 4.78 is 84.7. The number of sulfonamides is 1. The monoisotopic (exact) mass is 528 g/mol. The average Bonchev–Trinajstić information content (AvgIpc) is 2.99. The van der Waals surface area contributed by atoms with Crippen molar-refractivity contribution in [2.75, 3.05) is 54.9 Å². The molecule has 0 saturated carbocycles. The summed E-state index contributed by atoms with van der Waals surface area (Å²) >= 11 is 0. The minimum Gasteiger partial charge on any atom is -0.442 e. The number of nitrogens with zero attached hydrogens (tertiary/aromatic N) is 3. The largest absolute Gasteiger partial charge is 0.442 e. The molecule has 196 valence electrons. The lowest BCUT2D eigenvalue weighted by Crippen LogP contribution is -2.45. The van der Waals surface area contributed by atoms with E-state index in [1.54, 1.807) is 0 Å².